The van der Waals surface area contributed by atoms with Crippen LogP contribution in [0.2, 0.25) is 0 Å². The Balaban J connectivity index is 0.00000129. The minimum absolute atomic E-state index is 0.0535. The Kier molecular flexibility index (Phi) is 10.9. The molecule has 7 nitrogen and oxygen atoms in total. The van der Waals surface area contributed by atoms with E-state index in [9.17, 15) is 14.4 Å². The first-order valence-corrected chi connectivity index (χ1v) is 12.2. The molecule has 33 heavy (non-hydrogen) atoms. The molecular weight excluding hydrogens is 416 g/mol. The van der Waals surface area contributed by atoms with Gasteiger partial charge < -0.3 is 20.0 Å². The maximum Gasteiger partial charge on any atom is 0.317 e. The predicted molar refractivity (Wildman–Crippen MR) is 134 cm³/mol. The first kappa shape index (κ1) is 28.5. The van der Waals surface area contributed by atoms with Crippen LogP contribution < -0.4 is 5.32 Å². The third-order valence-electron chi connectivity index (χ3n) is 6.39. The van der Waals surface area contributed by atoms with Crippen molar-refractivity contribution in [3.05, 3.63) is 35.4 Å². The molecule has 1 aliphatic heterocycles. The molecule has 7 heteroatoms. The number of carbonyl (C=O) groups is 3. The van der Waals surface area contributed by atoms with Crippen molar-refractivity contribution in [1.29, 1.82) is 0 Å². The van der Waals surface area contributed by atoms with E-state index in [0.717, 1.165) is 24.8 Å². The van der Waals surface area contributed by atoms with Crippen LogP contribution in [0.25, 0.3) is 0 Å². The fourth-order valence-electron chi connectivity index (χ4n) is 4.71. The van der Waals surface area contributed by atoms with E-state index in [1.807, 2.05) is 44.7 Å². The molecule has 1 heterocycles. The zero-order valence-electron chi connectivity index (χ0n) is 22.1. The summed E-state index contributed by atoms with van der Waals surface area (Å²) in [6.45, 7) is 11.0. The lowest BCUT2D eigenvalue weighted by molar-refractivity contribution is -0.135. The Hall–Kier alpha value is -2.57. The molecule has 1 fully saturated rings. The van der Waals surface area contributed by atoms with Crippen LogP contribution in [-0.4, -0.2) is 79.9 Å². The zero-order chi connectivity index (χ0) is 25.3. The van der Waals surface area contributed by atoms with Crippen LogP contribution in [0.4, 0.5) is 4.79 Å². The number of carbonyl (C=O) groups excluding carboxylic acids is 3. The number of amides is 4. The van der Waals surface area contributed by atoms with Crippen LogP contribution in [0.5, 0.6) is 0 Å². The van der Waals surface area contributed by atoms with Crippen LogP contribution in [0.1, 0.15) is 70.9 Å². The van der Waals surface area contributed by atoms with Crippen LogP contribution in [0.3, 0.4) is 0 Å². The fourth-order valence-corrected chi connectivity index (χ4v) is 4.71. The summed E-state index contributed by atoms with van der Waals surface area (Å²) in [5.74, 6) is -0.0168. The summed E-state index contributed by atoms with van der Waals surface area (Å²) < 4.78 is 0. The molecule has 0 aromatic heterocycles. The van der Waals surface area contributed by atoms with Gasteiger partial charge in [0.05, 0.1) is 5.92 Å². The minimum atomic E-state index is -0.558. The van der Waals surface area contributed by atoms with Crippen molar-refractivity contribution in [3.63, 3.8) is 0 Å². The molecule has 0 radical (unpaired) electrons. The lowest BCUT2D eigenvalue weighted by Gasteiger charge is -2.41. The topological polar surface area (TPSA) is 73.0 Å². The maximum absolute atomic E-state index is 12.8. The average Bonchev–Trinajstić information content (AvgIpc) is 3.15. The van der Waals surface area contributed by atoms with Gasteiger partial charge in [-0.3, -0.25) is 9.59 Å². The first-order valence-electron chi connectivity index (χ1n) is 12.2. The second kappa shape index (κ2) is 12.6. The molecule has 4 amide bonds. The van der Waals surface area contributed by atoms with Crippen molar-refractivity contribution in [2.45, 2.75) is 71.3 Å². The standard InChI is InChI=1S/C22H32N4O3.2C2H6/c1-15(23-21(29)25(4)5)19(27)26-12-10-22(11-13-26)14-17(20(28)24(2)3)16-8-6-7-9-18(16)22;2*1-2/h6-9,15,17H,10-14H2,1-5H3,(H,23,29);2*1-2H3. The third kappa shape index (κ3) is 6.27. The number of piperidine rings is 1. The van der Waals surface area contributed by atoms with Gasteiger partial charge in [0.15, 0.2) is 0 Å². The number of nitrogens with zero attached hydrogens (tertiary/aromatic N) is 3. The van der Waals surface area contributed by atoms with E-state index >= 15 is 0 Å². The fraction of sp³-hybridized carbons (Fsp3) is 0.654. The van der Waals surface area contributed by atoms with Gasteiger partial charge in [-0.25, -0.2) is 4.79 Å². The largest absolute Gasteiger partial charge is 0.348 e. The van der Waals surface area contributed by atoms with E-state index in [1.54, 1.807) is 40.0 Å². The summed E-state index contributed by atoms with van der Waals surface area (Å²) in [6.07, 6.45) is 2.47. The van der Waals surface area contributed by atoms with Gasteiger partial charge in [-0.15, -0.1) is 0 Å². The molecule has 2 unspecified atom stereocenters. The summed E-state index contributed by atoms with van der Waals surface area (Å²) in [7, 11) is 6.92. The van der Waals surface area contributed by atoms with Gasteiger partial charge in [0, 0.05) is 46.7 Å². The highest BCUT2D eigenvalue weighted by molar-refractivity contribution is 5.87. The summed E-state index contributed by atoms with van der Waals surface area (Å²) in [5, 5.41) is 2.73. The van der Waals surface area contributed by atoms with E-state index < -0.39 is 6.04 Å². The minimum Gasteiger partial charge on any atom is -0.348 e. The van der Waals surface area contributed by atoms with E-state index in [-0.39, 0.29) is 29.2 Å². The Morgan fingerprint density at radius 1 is 0.970 bits per heavy atom. The number of rotatable bonds is 3. The number of urea groups is 1. The second-order valence-corrected chi connectivity index (χ2v) is 8.75. The van der Waals surface area contributed by atoms with Gasteiger partial charge in [-0.1, -0.05) is 52.0 Å². The zero-order valence-corrected chi connectivity index (χ0v) is 22.1. The number of likely N-dealkylation sites (tertiary alicyclic amines) is 1. The Morgan fingerprint density at radius 2 is 1.52 bits per heavy atom. The number of likely N-dealkylation sites (N-methyl/N-ethyl adjacent to an activating group) is 1. The van der Waals surface area contributed by atoms with E-state index in [1.165, 1.54) is 10.5 Å². The molecule has 1 aliphatic carbocycles. The molecule has 186 valence electrons. The van der Waals surface area contributed by atoms with Gasteiger partial charge in [-0.05, 0) is 37.3 Å². The van der Waals surface area contributed by atoms with Crippen LogP contribution >= 0.6 is 0 Å². The third-order valence-corrected chi connectivity index (χ3v) is 6.39. The number of benzene rings is 1. The number of fused-ring (bicyclic) bond motifs is 2. The Bertz CT molecular complexity index is 798. The van der Waals surface area contributed by atoms with Crippen LogP contribution in [0, 0.1) is 0 Å². The highest BCUT2D eigenvalue weighted by Crippen LogP contribution is 2.52. The summed E-state index contributed by atoms with van der Waals surface area (Å²) in [4.78, 5) is 42.4. The van der Waals surface area contributed by atoms with Crippen LogP contribution in [0.15, 0.2) is 24.3 Å². The van der Waals surface area contributed by atoms with Gasteiger partial charge >= 0.3 is 6.03 Å². The molecule has 0 saturated carbocycles. The van der Waals surface area contributed by atoms with Crippen LogP contribution in [-0.2, 0) is 15.0 Å². The van der Waals surface area contributed by atoms with E-state index in [0.29, 0.717) is 13.1 Å². The average molecular weight is 461 g/mol. The molecule has 1 N–H and O–H groups in total. The smallest absolute Gasteiger partial charge is 0.317 e. The van der Waals surface area contributed by atoms with Crippen molar-refractivity contribution in [2.24, 2.45) is 0 Å². The number of nitrogens with one attached hydrogen (secondary N) is 1. The van der Waals surface area contributed by atoms with Gasteiger partial charge in [0.25, 0.3) is 0 Å². The molecule has 0 bridgehead atoms. The molecule has 1 aromatic carbocycles. The molecule has 1 saturated heterocycles. The van der Waals surface area contributed by atoms with Gasteiger partial charge in [-0.2, -0.15) is 0 Å². The SMILES string of the molecule is CC.CC.CC(NC(=O)N(C)C)C(=O)N1CCC2(CC1)CC(C(=O)N(C)C)c1ccccc12. The Morgan fingerprint density at radius 3 is 2.03 bits per heavy atom. The van der Waals surface area contributed by atoms with Crippen molar-refractivity contribution in [1.82, 2.24) is 20.0 Å². The summed E-state index contributed by atoms with van der Waals surface area (Å²) in [5.41, 5.74) is 2.35. The number of hydrogen-bond acceptors (Lipinski definition) is 3. The second-order valence-electron chi connectivity index (χ2n) is 8.75. The Labute approximate surface area is 200 Å². The summed E-state index contributed by atoms with van der Waals surface area (Å²) in [6, 6.07) is 7.44. The normalized spacial score (nSPS) is 18.6. The molecule has 2 atom stereocenters. The lowest BCUT2D eigenvalue weighted by atomic mass is 9.73. The molecular formula is C26H44N4O3. The quantitative estimate of drug-likeness (QED) is 0.745. The maximum atomic E-state index is 12.8. The van der Waals surface area contributed by atoms with Crippen molar-refractivity contribution in [3.8, 4) is 0 Å². The summed E-state index contributed by atoms with van der Waals surface area (Å²) >= 11 is 0. The highest BCUT2D eigenvalue weighted by Gasteiger charge is 2.48. The highest BCUT2D eigenvalue weighted by atomic mass is 16.2. The lowest BCUT2D eigenvalue weighted by Crippen LogP contribution is -2.53. The molecule has 1 spiro atoms. The van der Waals surface area contributed by atoms with Crippen molar-refractivity contribution >= 4 is 17.8 Å². The number of hydrogen-bond donors (Lipinski definition) is 1. The predicted octanol–water partition coefficient (Wildman–Crippen LogP) is 3.83. The molecule has 3 rings (SSSR count). The monoisotopic (exact) mass is 460 g/mol. The van der Waals surface area contributed by atoms with Gasteiger partial charge in [0.2, 0.25) is 11.8 Å². The van der Waals surface area contributed by atoms with E-state index in [2.05, 4.69) is 17.4 Å². The molecule has 1 aromatic rings. The van der Waals surface area contributed by atoms with Crippen molar-refractivity contribution < 1.29 is 14.4 Å². The van der Waals surface area contributed by atoms with E-state index in [4.69, 9.17) is 0 Å². The van der Waals surface area contributed by atoms with Crippen molar-refractivity contribution in [2.75, 3.05) is 41.3 Å². The van der Waals surface area contributed by atoms with Gasteiger partial charge in [0.1, 0.15) is 6.04 Å². The first-order chi connectivity index (χ1) is 15.7. The molecule has 2 aliphatic rings.